The standard InChI is InChI=1S/C23H19F3N2O2/c1-2-30-15-17-10-8-16(9-11-17)14-28-21(18-6-4-3-5-7-18)12-20(23(24,25)26)19(13-27)22(28)29/h3-12H,2,14-15H2,1H3. The van der Waals surface area contributed by atoms with Gasteiger partial charge < -0.3 is 9.30 Å². The molecule has 0 saturated heterocycles. The third-order valence-corrected chi connectivity index (χ3v) is 4.62. The van der Waals surface area contributed by atoms with E-state index in [1.54, 1.807) is 42.5 Å². The maximum Gasteiger partial charge on any atom is 0.417 e. The molecule has 2 aromatic carbocycles. The summed E-state index contributed by atoms with van der Waals surface area (Å²) >= 11 is 0. The maximum absolute atomic E-state index is 13.5. The molecule has 0 aliphatic carbocycles. The van der Waals surface area contributed by atoms with Crippen molar-refractivity contribution in [3.63, 3.8) is 0 Å². The lowest BCUT2D eigenvalue weighted by atomic mass is 10.0. The Bertz CT molecular complexity index is 1110. The van der Waals surface area contributed by atoms with Crippen molar-refractivity contribution in [3.8, 4) is 17.3 Å². The van der Waals surface area contributed by atoms with Crippen molar-refractivity contribution in [1.29, 1.82) is 5.26 Å². The normalized spacial score (nSPS) is 11.3. The van der Waals surface area contributed by atoms with Gasteiger partial charge in [-0.1, -0.05) is 54.6 Å². The minimum atomic E-state index is -4.81. The van der Waals surface area contributed by atoms with Crippen molar-refractivity contribution in [1.82, 2.24) is 4.57 Å². The van der Waals surface area contributed by atoms with Crippen molar-refractivity contribution >= 4 is 0 Å². The maximum atomic E-state index is 13.5. The third-order valence-electron chi connectivity index (χ3n) is 4.62. The van der Waals surface area contributed by atoms with Gasteiger partial charge in [0.2, 0.25) is 0 Å². The fourth-order valence-electron chi connectivity index (χ4n) is 3.13. The topological polar surface area (TPSA) is 55.0 Å². The molecule has 3 rings (SSSR count). The lowest BCUT2D eigenvalue weighted by molar-refractivity contribution is -0.137. The molecule has 0 fully saturated rings. The molecule has 1 aromatic heterocycles. The molecular weight excluding hydrogens is 393 g/mol. The van der Waals surface area contributed by atoms with Gasteiger partial charge in [-0.25, -0.2) is 0 Å². The Morgan fingerprint density at radius 2 is 1.67 bits per heavy atom. The Morgan fingerprint density at radius 3 is 2.23 bits per heavy atom. The van der Waals surface area contributed by atoms with Crippen LogP contribution in [0, 0.1) is 11.3 Å². The predicted molar refractivity (Wildman–Crippen MR) is 107 cm³/mol. The molecule has 0 N–H and O–H groups in total. The Balaban J connectivity index is 2.13. The molecule has 0 saturated carbocycles. The van der Waals surface area contributed by atoms with Crippen LogP contribution in [0.2, 0.25) is 0 Å². The molecule has 0 aliphatic heterocycles. The smallest absolute Gasteiger partial charge is 0.377 e. The third kappa shape index (κ3) is 4.61. The highest BCUT2D eigenvalue weighted by molar-refractivity contribution is 5.62. The second-order valence-electron chi connectivity index (χ2n) is 6.64. The summed E-state index contributed by atoms with van der Waals surface area (Å²) in [5, 5.41) is 9.26. The van der Waals surface area contributed by atoms with Gasteiger partial charge >= 0.3 is 6.18 Å². The molecule has 30 heavy (non-hydrogen) atoms. The molecular formula is C23H19F3N2O2. The van der Waals surface area contributed by atoms with Crippen molar-refractivity contribution in [2.45, 2.75) is 26.3 Å². The summed E-state index contributed by atoms with van der Waals surface area (Å²) in [6, 6.07) is 17.9. The Kier molecular flexibility index (Phi) is 6.38. The van der Waals surface area contributed by atoms with E-state index in [-0.39, 0.29) is 12.2 Å². The van der Waals surface area contributed by atoms with Crippen LogP contribution in [0.25, 0.3) is 11.3 Å². The van der Waals surface area contributed by atoms with E-state index in [0.29, 0.717) is 18.8 Å². The minimum absolute atomic E-state index is 0.0325. The Morgan fingerprint density at radius 1 is 1.03 bits per heavy atom. The number of hydrogen-bond donors (Lipinski definition) is 0. The highest BCUT2D eigenvalue weighted by Gasteiger charge is 2.36. The molecule has 7 heteroatoms. The van der Waals surface area contributed by atoms with E-state index in [1.165, 1.54) is 10.6 Å². The molecule has 0 unspecified atom stereocenters. The number of alkyl halides is 3. The first-order valence-electron chi connectivity index (χ1n) is 9.31. The molecule has 0 bridgehead atoms. The van der Waals surface area contributed by atoms with E-state index in [2.05, 4.69) is 0 Å². The van der Waals surface area contributed by atoms with E-state index in [4.69, 9.17) is 4.74 Å². The van der Waals surface area contributed by atoms with Gasteiger partial charge in [0.15, 0.2) is 0 Å². The number of hydrogen-bond acceptors (Lipinski definition) is 3. The summed E-state index contributed by atoms with van der Waals surface area (Å²) in [7, 11) is 0. The van der Waals surface area contributed by atoms with Crippen molar-refractivity contribution < 1.29 is 17.9 Å². The van der Waals surface area contributed by atoms with Gasteiger partial charge in [-0.05, 0) is 29.7 Å². The number of nitrogens with zero attached hydrogens (tertiary/aromatic N) is 2. The molecule has 1 heterocycles. The fraction of sp³-hybridized carbons (Fsp3) is 0.217. The number of benzene rings is 2. The quantitative estimate of drug-likeness (QED) is 0.573. The lowest BCUT2D eigenvalue weighted by Crippen LogP contribution is -2.28. The molecule has 4 nitrogen and oxygen atoms in total. The number of pyridine rings is 1. The second-order valence-corrected chi connectivity index (χ2v) is 6.64. The monoisotopic (exact) mass is 412 g/mol. The highest BCUT2D eigenvalue weighted by Crippen LogP contribution is 2.33. The van der Waals surface area contributed by atoms with Crippen molar-refractivity contribution in [2.24, 2.45) is 0 Å². The van der Waals surface area contributed by atoms with Crippen LogP contribution in [0.4, 0.5) is 13.2 Å². The average Bonchev–Trinajstić information content (AvgIpc) is 2.74. The SMILES string of the molecule is CCOCc1ccc(Cn2c(-c3ccccc3)cc(C(F)(F)F)c(C#N)c2=O)cc1. The summed E-state index contributed by atoms with van der Waals surface area (Å²) < 4.78 is 47.1. The molecule has 0 atom stereocenters. The van der Waals surface area contributed by atoms with Gasteiger partial charge in [-0.3, -0.25) is 4.79 Å². The summed E-state index contributed by atoms with van der Waals surface area (Å²) in [5.41, 5.74) is -0.876. The lowest BCUT2D eigenvalue weighted by Gasteiger charge is -2.18. The number of rotatable bonds is 6. The first-order valence-corrected chi connectivity index (χ1v) is 9.31. The summed E-state index contributed by atoms with van der Waals surface area (Å²) in [6.07, 6.45) is -4.81. The van der Waals surface area contributed by atoms with Gasteiger partial charge in [0, 0.05) is 6.61 Å². The van der Waals surface area contributed by atoms with Crippen LogP contribution in [0.15, 0.2) is 65.5 Å². The van der Waals surface area contributed by atoms with Crippen LogP contribution < -0.4 is 5.56 Å². The molecule has 0 radical (unpaired) electrons. The van der Waals surface area contributed by atoms with Crippen LogP contribution in [0.1, 0.15) is 29.2 Å². The van der Waals surface area contributed by atoms with Gasteiger partial charge in [-0.15, -0.1) is 0 Å². The van der Waals surface area contributed by atoms with E-state index in [9.17, 15) is 23.2 Å². The number of halogens is 3. The first-order chi connectivity index (χ1) is 14.3. The highest BCUT2D eigenvalue weighted by atomic mass is 19.4. The summed E-state index contributed by atoms with van der Waals surface area (Å²) in [6.45, 7) is 2.96. The van der Waals surface area contributed by atoms with E-state index < -0.39 is 22.9 Å². The molecule has 3 aromatic rings. The summed E-state index contributed by atoms with van der Waals surface area (Å²) in [5.74, 6) is 0. The zero-order chi connectivity index (χ0) is 21.7. The minimum Gasteiger partial charge on any atom is -0.377 e. The van der Waals surface area contributed by atoms with Crippen LogP contribution in [0.5, 0.6) is 0 Å². The van der Waals surface area contributed by atoms with Crippen LogP contribution in [-0.4, -0.2) is 11.2 Å². The number of nitriles is 1. The van der Waals surface area contributed by atoms with Gasteiger partial charge in [-0.2, -0.15) is 18.4 Å². The predicted octanol–water partition coefficient (Wildman–Crippen LogP) is 4.99. The van der Waals surface area contributed by atoms with E-state index >= 15 is 0 Å². The second kappa shape index (κ2) is 8.97. The van der Waals surface area contributed by atoms with Gasteiger partial charge in [0.05, 0.1) is 24.4 Å². The largest absolute Gasteiger partial charge is 0.417 e. The fourth-order valence-corrected chi connectivity index (χ4v) is 3.13. The number of aromatic nitrogens is 1. The first kappa shape index (κ1) is 21.3. The molecule has 0 amide bonds. The molecule has 0 aliphatic rings. The Hall–Kier alpha value is -3.37. The van der Waals surface area contributed by atoms with Gasteiger partial charge in [0.1, 0.15) is 11.6 Å². The van der Waals surface area contributed by atoms with E-state index in [0.717, 1.165) is 17.2 Å². The zero-order valence-corrected chi connectivity index (χ0v) is 16.2. The Labute approximate surface area is 171 Å². The average molecular weight is 412 g/mol. The van der Waals surface area contributed by atoms with Crippen molar-refractivity contribution in [3.05, 3.63) is 93.3 Å². The van der Waals surface area contributed by atoms with Crippen molar-refractivity contribution in [2.75, 3.05) is 6.61 Å². The van der Waals surface area contributed by atoms with Gasteiger partial charge in [0.25, 0.3) is 5.56 Å². The van der Waals surface area contributed by atoms with Crippen LogP contribution in [-0.2, 0) is 24.1 Å². The van der Waals surface area contributed by atoms with Crippen LogP contribution >= 0.6 is 0 Å². The van der Waals surface area contributed by atoms with Crippen LogP contribution in [0.3, 0.4) is 0 Å². The zero-order valence-electron chi connectivity index (χ0n) is 16.2. The molecule has 0 spiro atoms. The molecule has 154 valence electrons. The summed E-state index contributed by atoms with van der Waals surface area (Å²) in [4.78, 5) is 12.9. The van der Waals surface area contributed by atoms with E-state index in [1.807, 2.05) is 19.1 Å². The number of ether oxygens (including phenoxy) is 1.